The number of ether oxygens (including phenoxy) is 1. The second-order valence-corrected chi connectivity index (χ2v) is 10.2. The summed E-state index contributed by atoms with van der Waals surface area (Å²) in [4.78, 5) is 84.6. The summed E-state index contributed by atoms with van der Waals surface area (Å²) in [7, 11) is -2.90. The fourth-order valence-electron chi connectivity index (χ4n) is 3.08. The SMILES string of the molecule is CC.COP(=O)([O-])OCCCCCCS.O=C(CCN1C(=O)C=CC1=O)NCCOCCC(=O)ON1C(=O)CCC1=O. The maximum absolute atomic E-state index is 11.6. The van der Waals surface area contributed by atoms with Gasteiger partial charge in [-0.3, -0.25) is 33.4 Å². The molecule has 1 atom stereocenters. The van der Waals surface area contributed by atoms with Crippen molar-refractivity contribution in [1.29, 1.82) is 0 Å². The first-order valence-electron chi connectivity index (χ1n) is 13.6. The Morgan fingerprint density at radius 1 is 0.952 bits per heavy atom. The number of unbranched alkanes of at least 4 members (excludes halogenated alkanes) is 3. The molecule has 240 valence electrons. The van der Waals surface area contributed by atoms with E-state index in [0.29, 0.717) is 5.06 Å². The third-order valence-corrected chi connectivity index (χ3v) is 6.47. The van der Waals surface area contributed by atoms with Crippen LogP contribution < -0.4 is 10.2 Å². The van der Waals surface area contributed by atoms with E-state index in [1.54, 1.807) is 0 Å². The average Bonchev–Trinajstić information content (AvgIpc) is 3.47. The number of carbonyl (C=O) groups is 6. The number of phosphoric ester groups is 1. The molecule has 2 rings (SSSR count). The van der Waals surface area contributed by atoms with Crippen molar-refractivity contribution in [3.63, 3.8) is 0 Å². The molecule has 0 aromatic heterocycles. The largest absolute Gasteiger partial charge is 0.756 e. The number of imide groups is 2. The Morgan fingerprint density at radius 3 is 2.12 bits per heavy atom. The highest BCUT2D eigenvalue weighted by atomic mass is 32.1. The van der Waals surface area contributed by atoms with Gasteiger partial charge >= 0.3 is 5.97 Å². The Balaban J connectivity index is 0.000000945. The number of nitrogens with one attached hydrogen (secondary N) is 1. The third-order valence-electron chi connectivity index (χ3n) is 5.21. The Labute approximate surface area is 251 Å². The van der Waals surface area contributed by atoms with Crippen molar-refractivity contribution in [2.24, 2.45) is 0 Å². The molecule has 42 heavy (non-hydrogen) atoms. The summed E-state index contributed by atoms with van der Waals surface area (Å²) in [6, 6.07) is 0. The van der Waals surface area contributed by atoms with Crippen LogP contribution in [-0.2, 0) is 52.0 Å². The number of amides is 5. The van der Waals surface area contributed by atoms with Crippen molar-refractivity contribution in [2.75, 3.05) is 45.8 Å². The zero-order chi connectivity index (χ0) is 32.0. The quantitative estimate of drug-likeness (QED) is 0.0939. The van der Waals surface area contributed by atoms with Crippen molar-refractivity contribution < 1.29 is 56.8 Å². The topological polar surface area (TPSA) is 198 Å². The zero-order valence-electron chi connectivity index (χ0n) is 24.2. The molecule has 2 aliphatic rings. The minimum atomic E-state index is -3.99. The van der Waals surface area contributed by atoms with E-state index in [0.717, 1.165) is 55.6 Å². The van der Waals surface area contributed by atoms with Crippen LogP contribution in [0.2, 0.25) is 0 Å². The number of hydroxylamine groups is 2. The van der Waals surface area contributed by atoms with E-state index in [-0.39, 0.29) is 64.5 Å². The highest BCUT2D eigenvalue weighted by molar-refractivity contribution is 7.80. The van der Waals surface area contributed by atoms with Crippen molar-refractivity contribution in [2.45, 2.75) is 65.2 Å². The van der Waals surface area contributed by atoms with Gasteiger partial charge in [-0.05, 0) is 18.6 Å². The first-order chi connectivity index (χ1) is 20.0. The molecule has 1 fully saturated rings. The van der Waals surface area contributed by atoms with Gasteiger partial charge in [0.05, 0.1) is 26.2 Å². The molecule has 2 heterocycles. The first kappa shape index (κ1) is 39.4. The summed E-state index contributed by atoms with van der Waals surface area (Å²) in [5.41, 5.74) is 0. The van der Waals surface area contributed by atoms with Crippen LogP contribution in [0.1, 0.15) is 65.2 Å². The van der Waals surface area contributed by atoms with Gasteiger partial charge in [-0.15, -0.1) is 5.06 Å². The fraction of sp³-hybridized carbons (Fsp3) is 0.680. The number of carbonyl (C=O) groups excluding carboxylic acids is 6. The number of hydrogen-bond donors (Lipinski definition) is 2. The standard InChI is InChI=1S/C16H19N3O8.C7H17O4PS.C2H6/c20-11(5-8-18-12(21)1-2-13(18)22)17-7-10-26-9-6-16(25)27-19-14(23)3-4-15(19)24;1-10-12(8,9)11-6-4-2-3-5-7-13;1-2/h1-2H,3-10H2,(H,17,20);13H,2-7H2,1H3,(H,8,9);1-2H3/p-1. The van der Waals surface area contributed by atoms with Gasteiger partial charge in [0.25, 0.3) is 31.5 Å². The summed E-state index contributed by atoms with van der Waals surface area (Å²) in [6.45, 7) is 4.51. The first-order valence-corrected chi connectivity index (χ1v) is 15.7. The maximum atomic E-state index is 11.6. The summed E-state index contributed by atoms with van der Waals surface area (Å²) in [5, 5.41) is 3.01. The van der Waals surface area contributed by atoms with Crippen LogP contribution in [0.25, 0.3) is 0 Å². The lowest BCUT2D eigenvalue weighted by Crippen LogP contribution is -2.35. The van der Waals surface area contributed by atoms with Gasteiger partial charge in [-0.1, -0.05) is 26.7 Å². The second-order valence-electron chi connectivity index (χ2n) is 8.27. The van der Waals surface area contributed by atoms with Gasteiger partial charge in [0.2, 0.25) is 5.91 Å². The predicted octanol–water partition coefficient (Wildman–Crippen LogP) is 1.07. The van der Waals surface area contributed by atoms with Gasteiger partial charge in [-0.25, -0.2) is 4.79 Å². The molecule has 1 unspecified atom stereocenters. The summed E-state index contributed by atoms with van der Waals surface area (Å²) in [5.74, 6) is -2.23. The van der Waals surface area contributed by atoms with Crippen molar-refractivity contribution in [3.05, 3.63) is 12.2 Å². The molecule has 0 spiro atoms. The van der Waals surface area contributed by atoms with Gasteiger partial charge in [-0.2, -0.15) is 12.6 Å². The minimum Gasteiger partial charge on any atom is -0.756 e. The Bertz CT molecular complexity index is 944. The summed E-state index contributed by atoms with van der Waals surface area (Å²) in [6.07, 6.45) is 5.99. The molecule has 0 aromatic rings. The van der Waals surface area contributed by atoms with Crippen molar-refractivity contribution in [3.8, 4) is 0 Å². The van der Waals surface area contributed by atoms with Crippen LogP contribution in [0.3, 0.4) is 0 Å². The number of hydrogen-bond acceptors (Lipinski definition) is 13. The van der Waals surface area contributed by atoms with E-state index >= 15 is 0 Å². The molecule has 0 radical (unpaired) electrons. The molecule has 1 N–H and O–H groups in total. The van der Waals surface area contributed by atoms with Crippen molar-refractivity contribution >= 4 is 56.0 Å². The molecule has 0 saturated carbocycles. The van der Waals surface area contributed by atoms with Crippen LogP contribution in [0.5, 0.6) is 0 Å². The average molecular weight is 639 g/mol. The van der Waals surface area contributed by atoms with Crippen LogP contribution in [0, 0.1) is 0 Å². The Morgan fingerprint density at radius 2 is 1.55 bits per heavy atom. The van der Waals surface area contributed by atoms with E-state index in [4.69, 9.17) is 4.74 Å². The smallest absolute Gasteiger partial charge is 0.335 e. The highest BCUT2D eigenvalue weighted by Gasteiger charge is 2.32. The number of thiol groups is 1. The predicted molar refractivity (Wildman–Crippen MR) is 150 cm³/mol. The minimum absolute atomic E-state index is 0.00284. The van der Waals surface area contributed by atoms with E-state index in [1.165, 1.54) is 0 Å². The lowest BCUT2D eigenvalue weighted by molar-refractivity contribution is -0.223. The van der Waals surface area contributed by atoms with E-state index in [1.807, 2.05) is 13.8 Å². The van der Waals surface area contributed by atoms with Gasteiger partial charge in [0.15, 0.2) is 0 Å². The zero-order valence-corrected chi connectivity index (χ0v) is 26.0. The molecule has 0 aliphatic carbocycles. The highest BCUT2D eigenvalue weighted by Crippen LogP contribution is 2.36. The van der Waals surface area contributed by atoms with E-state index in [9.17, 15) is 38.2 Å². The lowest BCUT2D eigenvalue weighted by atomic mass is 10.2. The van der Waals surface area contributed by atoms with Crippen molar-refractivity contribution in [1.82, 2.24) is 15.3 Å². The van der Waals surface area contributed by atoms with Gasteiger partial charge in [0, 0.05) is 51.6 Å². The normalized spacial score (nSPS) is 15.5. The van der Waals surface area contributed by atoms with Crippen LogP contribution in [0.15, 0.2) is 12.2 Å². The third kappa shape index (κ3) is 17.4. The molecule has 5 amide bonds. The van der Waals surface area contributed by atoms with Gasteiger partial charge < -0.3 is 28.8 Å². The molecule has 15 nitrogen and oxygen atoms in total. The monoisotopic (exact) mass is 638 g/mol. The molecular weight excluding hydrogens is 597 g/mol. The molecule has 0 aromatic carbocycles. The second kappa shape index (κ2) is 22.9. The maximum Gasteiger partial charge on any atom is 0.335 e. The molecule has 1 saturated heterocycles. The van der Waals surface area contributed by atoms with Crippen LogP contribution >= 0.6 is 20.5 Å². The molecule has 17 heteroatoms. The number of phosphoric acid groups is 1. The molecular formula is C25H41N3O12PS-. The fourth-order valence-corrected chi connectivity index (χ4v) is 3.76. The molecule has 0 bridgehead atoms. The molecule has 2 aliphatic heterocycles. The Hall–Kier alpha value is -2.62. The summed E-state index contributed by atoms with van der Waals surface area (Å²) < 4.78 is 24.5. The lowest BCUT2D eigenvalue weighted by Gasteiger charge is -2.19. The van der Waals surface area contributed by atoms with Crippen LogP contribution in [0.4, 0.5) is 0 Å². The Kier molecular flexibility index (Phi) is 21.5. The van der Waals surface area contributed by atoms with E-state index in [2.05, 4.69) is 31.8 Å². The number of rotatable bonds is 18. The number of nitrogens with zero attached hydrogens (tertiary/aromatic N) is 2. The summed E-state index contributed by atoms with van der Waals surface area (Å²) >= 11 is 4.06. The van der Waals surface area contributed by atoms with Crippen LogP contribution in [-0.4, -0.2) is 91.2 Å². The van der Waals surface area contributed by atoms with Gasteiger partial charge in [0.1, 0.15) is 0 Å². The van der Waals surface area contributed by atoms with E-state index < -0.39 is 37.4 Å².